The largest absolute Gasteiger partial charge is 0.467 e. The summed E-state index contributed by atoms with van der Waals surface area (Å²) < 4.78 is 7.31. The standard InChI is InChI=1S/C20H17BrClN3O3/c1-28-20(27)18(13-6-8-16(21)9-7-13)24-19(26)15-10-23-25(12-15)11-14-4-2-3-5-17(14)22/h2-10,12,18H,11H2,1H3,(H,24,26). The van der Waals surface area contributed by atoms with Crippen molar-refractivity contribution in [3.05, 3.63) is 87.1 Å². The van der Waals surface area contributed by atoms with Crippen molar-refractivity contribution < 1.29 is 14.3 Å². The van der Waals surface area contributed by atoms with Gasteiger partial charge in [-0.1, -0.05) is 57.9 Å². The average molecular weight is 463 g/mol. The minimum absolute atomic E-state index is 0.332. The van der Waals surface area contributed by atoms with E-state index >= 15 is 0 Å². The van der Waals surface area contributed by atoms with Gasteiger partial charge in [0.25, 0.3) is 5.91 Å². The van der Waals surface area contributed by atoms with Gasteiger partial charge in [-0.05, 0) is 29.3 Å². The molecule has 1 N–H and O–H groups in total. The second kappa shape index (κ2) is 9.03. The van der Waals surface area contributed by atoms with E-state index in [1.54, 1.807) is 41.2 Å². The first kappa shape index (κ1) is 20.1. The number of esters is 1. The van der Waals surface area contributed by atoms with Gasteiger partial charge in [0.2, 0.25) is 0 Å². The van der Waals surface area contributed by atoms with E-state index in [1.165, 1.54) is 13.3 Å². The number of carbonyl (C=O) groups excluding carboxylic acids is 2. The molecule has 1 atom stereocenters. The summed E-state index contributed by atoms with van der Waals surface area (Å²) in [6, 6.07) is 13.6. The van der Waals surface area contributed by atoms with E-state index in [2.05, 4.69) is 26.3 Å². The summed E-state index contributed by atoms with van der Waals surface area (Å²) in [6.07, 6.45) is 3.05. The number of benzene rings is 2. The van der Waals surface area contributed by atoms with Crippen LogP contribution in [0.3, 0.4) is 0 Å². The van der Waals surface area contributed by atoms with Crippen molar-refractivity contribution in [1.29, 1.82) is 0 Å². The van der Waals surface area contributed by atoms with Crippen LogP contribution in [0.2, 0.25) is 5.02 Å². The second-order valence-corrected chi connectivity index (χ2v) is 7.32. The van der Waals surface area contributed by atoms with E-state index in [0.717, 1.165) is 10.0 Å². The summed E-state index contributed by atoms with van der Waals surface area (Å²) in [5.74, 6) is -0.983. The normalized spacial score (nSPS) is 11.7. The highest BCUT2D eigenvalue weighted by Crippen LogP contribution is 2.19. The first-order valence-corrected chi connectivity index (χ1v) is 9.55. The molecule has 8 heteroatoms. The molecule has 0 saturated carbocycles. The molecule has 144 valence electrons. The minimum atomic E-state index is -0.919. The molecule has 28 heavy (non-hydrogen) atoms. The van der Waals surface area contributed by atoms with Gasteiger partial charge in [-0.15, -0.1) is 0 Å². The van der Waals surface area contributed by atoms with Crippen LogP contribution >= 0.6 is 27.5 Å². The van der Waals surface area contributed by atoms with Gasteiger partial charge >= 0.3 is 5.97 Å². The van der Waals surface area contributed by atoms with E-state index in [1.807, 2.05) is 18.2 Å². The first-order valence-electron chi connectivity index (χ1n) is 8.38. The van der Waals surface area contributed by atoms with Crippen LogP contribution in [0.1, 0.15) is 27.5 Å². The molecule has 1 aromatic heterocycles. The fourth-order valence-corrected chi connectivity index (χ4v) is 3.09. The maximum atomic E-state index is 12.6. The van der Waals surface area contributed by atoms with Crippen LogP contribution in [-0.4, -0.2) is 28.8 Å². The van der Waals surface area contributed by atoms with Gasteiger partial charge < -0.3 is 10.1 Å². The van der Waals surface area contributed by atoms with Crippen LogP contribution in [0, 0.1) is 0 Å². The van der Waals surface area contributed by atoms with Crippen molar-refractivity contribution in [3.63, 3.8) is 0 Å². The summed E-state index contributed by atoms with van der Waals surface area (Å²) in [5, 5.41) is 7.53. The number of methoxy groups -OCH3 is 1. The third-order valence-electron chi connectivity index (χ3n) is 4.10. The summed E-state index contributed by atoms with van der Waals surface area (Å²) >= 11 is 9.51. The predicted octanol–water partition coefficient (Wildman–Crippen LogP) is 3.99. The predicted molar refractivity (Wildman–Crippen MR) is 109 cm³/mol. The van der Waals surface area contributed by atoms with E-state index in [0.29, 0.717) is 22.7 Å². The molecule has 0 aliphatic carbocycles. The maximum absolute atomic E-state index is 12.6. The van der Waals surface area contributed by atoms with Crippen molar-refractivity contribution in [2.45, 2.75) is 12.6 Å². The molecule has 0 aliphatic rings. The molecular formula is C20H17BrClN3O3. The van der Waals surface area contributed by atoms with Gasteiger partial charge in [0.05, 0.1) is 25.4 Å². The topological polar surface area (TPSA) is 73.2 Å². The monoisotopic (exact) mass is 461 g/mol. The zero-order valence-corrected chi connectivity index (χ0v) is 17.3. The Morgan fingerprint density at radius 2 is 1.93 bits per heavy atom. The van der Waals surface area contributed by atoms with Crippen molar-refractivity contribution in [3.8, 4) is 0 Å². The highest BCUT2D eigenvalue weighted by Gasteiger charge is 2.24. The first-order chi connectivity index (χ1) is 13.5. The number of halogens is 2. The third-order valence-corrected chi connectivity index (χ3v) is 5.00. The molecule has 3 aromatic rings. The van der Waals surface area contributed by atoms with Gasteiger partial charge in [0.15, 0.2) is 6.04 Å². The molecule has 0 saturated heterocycles. The van der Waals surface area contributed by atoms with Crippen LogP contribution in [0.5, 0.6) is 0 Å². The fraction of sp³-hybridized carbons (Fsp3) is 0.150. The van der Waals surface area contributed by atoms with Gasteiger partial charge in [-0.3, -0.25) is 9.48 Å². The van der Waals surface area contributed by atoms with Crippen molar-refractivity contribution in [2.75, 3.05) is 7.11 Å². The van der Waals surface area contributed by atoms with Crippen LogP contribution < -0.4 is 5.32 Å². The van der Waals surface area contributed by atoms with E-state index in [-0.39, 0.29) is 0 Å². The Bertz CT molecular complexity index is 988. The molecule has 0 bridgehead atoms. The summed E-state index contributed by atoms with van der Waals surface area (Å²) in [6.45, 7) is 0.431. The number of aromatic nitrogens is 2. The molecular weight excluding hydrogens is 446 g/mol. The Morgan fingerprint density at radius 3 is 2.61 bits per heavy atom. The maximum Gasteiger partial charge on any atom is 0.333 e. The lowest BCUT2D eigenvalue weighted by molar-refractivity contribution is -0.143. The Morgan fingerprint density at radius 1 is 1.21 bits per heavy atom. The zero-order valence-electron chi connectivity index (χ0n) is 14.9. The molecule has 0 fully saturated rings. The third kappa shape index (κ3) is 4.79. The molecule has 1 unspecified atom stereocenters. The molecule has 0 spiro atoms. The van der Waals surface area contributed by atoms with Crippen LogP contribution in [0.25, 0.3) is 0 Å². The smallest absolute Gasteiger partial charge is 0.333 e. The zero-order chi connectivity index (χ0) is 20.1. The molecule has 6 nitrogen and oxygen atoms in total. The number of ether oxygens (including phenoxy) is 1. The molecule has 3 rings (SSSR count). The Hall–Kier alpha value is -2.64. The lowest BCUT2D eigenvalue weighted by atomic mass is 10.1. The number of rotatable bonds is 6. The average Bonchev–Trinajstić information content (AvgIpc) is 3.17. The fourth-order valence-electron chi connectivity index (χ4n) is 2.63. The van der Waals surface area contributed by atoms with Crippen molar-refractivity contribution >= 4 is 39.4 Å². The molecule has 0 aliphatic heterocycles. The summed E-state index contributed by atoms with van der Waals surface area (Å²) in [5.41, 5.74) is 1.84. The number of hydrogen-bond donors (Lipinski definition) is 1. The lowest BCUT2D eigenvalue weighted by Crippen LogP contribution is -2.34. The minimum Gasteiger partial charge on any atom is -0.467 e. The Balaban J connectivity index is 1.75. The van der Waals surface area contributed by atoms with Crippen LogP contribution in [-0.2, 0) is 16.1 Å². The van der Waals surface area contributed by atoms with Gasteiger partial charge in [0, 0.05) is 15.7 Å². The van der Waals surface area contributed by atoms with Gasteiger partial charge in [-0.25, -0.2) is 4.79 Å². The number of hydrogen-bond acceptors (Lipinski definition) is 4. The number of nitrogens with zero attached hydrogens (tertiary/aromatic N) is 2. The van der Waals surface area contributed by atoms with Crippen LogP contribution in [0.15, 0.2) is 65.4 Å². The SMILES string of the molecule is COC(=O)C(NC(=O)c1cnn(Cc2ccccc2Cl)c1)c1ccc(Br)cc1. The van der Waals surface area contributed by atoms with E-state index in [4.69, 9.17) is 16.3 Å². The highest BCUT2D eigenvalue weighted by molar-refractivity contribution is 9.10. The number of carbonyl (C=O) groups is 2. The molecule has 0 radical (unpaired) electrons. The van der Waals surface area contributed by atoms with Crippen molar-refractivity contribution in [2.24, 2.45) is 0 Å². The van der Waals surface area contributed by atoms with Gasteiger partial charge in [0.1, 0.15) is 0 Å². The number of amides is 1. The molecule has 1 heterocycles. The van der Waals surface area contributed by atoms with E-state index in [9.17, 15) is 9.59 Å². The quantitative estimate of drug-likeness (QED) is 0.562. The highest BCUT2D eigenvalue weighted by atomic mass is 79.9. The van der Waals surface area contributed by atoms with Crippen molar-refractivity contribution in [1.82, 2.24) is 15.1 Å². The van der Waals surface area contributed by atoms with Crippen LogP contribution in [0.4, 0.5) is 0 Å². The van der Waals surface area contributed by atoms with Gasteiger partial charge in [-0.2, -0.15) is 5.10 Å². The Kier molecular flexibility index (Phi) is 6.49. The lowest BCUT2D eigenvalue weighted by Gasteiger charge is -2.16. The summed E-state index contributed by atoms with van der Waals surface area (Å²) in [7, 11) is 1.28. The molecule has 1 amide bonds. The Labute approximate surface area is 175 Å². The van der Waals surface area contributed by atoms with E-state index < -0.39 is 17.9 Å². The number of nitrogens with one attached hydrogen (secondary N) is 1. The second-order valence-electron chi connectivity index (χ2n) is 6.00. The molecule has 2 aromatic carbocycles. The summed E-state index contributed by atoms with van der Waals surface area (Å²) in [4.78, 5) is 24.8.